The minimum absolute atomic E-state index is 0.134. The molecule has 0 unspecified atom stereocenters. The lowest BCUT2D eigenvalue weighted by molar-refractivity contribution is -0.129. The van der Waals surface area contributed by atoms with Gasteiger partial charge in [0.05, 0.1) is 5.75 Å². The fourth-order valence-corrected chi connectivity index (χ4v) is 3.73. The zero-order valence-electron chi connectivity index (χ0n) is 14.9. The van der Waals surface area contributed by atoms with Gasteiger partial charge in [0.2, 0.25) is 11.1 Å². The van der Waals surface area contributed by atoms with Gasteiger partial charge in [-0.15, -0.1) is 10.2 Å². The molecule has 1 fully saturated rings. The molecule has 2 N–H and O–H groups in total. The summed E-state index contributed by atoms with van der Waals surface area (Å²) in [4.78, 5) is 14.3. The summed E-state index contributed by atoms with van der Waals surface area (Å²) in [6, 6.07) is 0.375. The maximum absolute atomic E-state index is 12.4. The van der Waals surface area contributed by atoms with Gasteiger partial charge in [-0.2, -0.15) is 0 Å². The van der Waals surface area contributed by atoms with E-state index in [1.807, 2.05) is 32.7 Å². The summed E-state index contributed by atoms with van der Waals surface area (Å²) in [7, 11) is 1.91. The Bertz CT molecular complexity index is 543. The average molecular weight is 340 g/mol. The standard InChI is InChI=1S/C16H29N5OS/c1-11-6-8-12(9-7-11)20(5)13(22)10-23-15-19-18-14(21(15)17)16(2,3)4/h11-12H,6-10,17H2,1-5H3. The lowest BCUT2D eigenvalue weighted by Gasteiger charge is -2.33. The topological polar surface area (TPSA) is 77.0 Å². The van der Waals surface area contributed by atoms with Gasteiger partial charge >= 0.3 is 0 Å². The Morgan fingerprint density at radius 3 is 2.43 bits per heavy atom. The quantitative estimate of drug-likeness (QED) is 0.673. The first-order valence-corrected chi connectivity index (χ1v) is 9.28. The van der Waals surface area contributed by atoms with E-state index in [4.69, 9.17) is 5.84 Å². The largest absolute Gasteiger partial charge is 0.342 e. The van der Waals surface area contributed by atoms with Crippen LogP contribution in [-0.4, -0.2) is 44.5 Å². The van der Waals surface area contributed by atoms with Gasteiger partial charge in [0.1, 0.15) is 0 Å². The van der Waals surface area contributed by atoms with E-state index in [9.17, 15) is 4.79 Å². The van der Waals surface area contributed by atoms with Crippen molar-refractivity contribution in [1.82, 2.24) is 19.8 Å². The fraction of sp³-hybridized carbons (Fsp3) is 0.812. The molecule has 1 aliphatic carbocycles. The van der Waals surface area contributed by atoms with Gasteiger partial charge in [0, 0.05) is 18.5 Å². The van der Waals surface area contributed by atoms with Gasteiger partial charge in [0.15, 0.2) is 5.82 Å². The van der Waals surface area contributed by atoms with Gasteiger partial charge in [-0.1, -0.05) is 39.5 Å². The van der Waals surface area contributed by atoms with Crippen molar-refractivity contribution < 1.29 is 4.79 Å². The molecule has 0 saturated heterocycles. The number of carbonyl (C=O) groups excluding carboxylic acids is 1. The van der Waals surface area contributed by atoms with Crippen molar-refractivity contribution in [3.8, 4) is 0 Å². The van der Waals surface area contributed by atoms with Gasteiger partial charge < -0.3 is 10.7 Å². The van der Waals surface area contributed by atoms with Crippen LogP contribution >= 0.6 is 11.8 Å². The number of carbonyl (C=O) groups is 1. The third kappa shape index (κ3) is 4.40. The van der Waals surface area contributed by atoms with Crippen molar-refractivity contribution in [2.75, 3.05) is 18.6 Å². The first-order valence-electron chi connectivity index (χ1n) is 8.29. The summed E-state index contributed by atoms with van der Waals surface area (Å²) in [5.74, 6) is 8.05. The van der Waals surface area contributed by atoms with E-state index < -0.39 is 0 Å². The average Bonchev–Trinajstić information content (AvgIpc) is 2.86. The molecule has 0 bridgehead atoms. The summed E-state index contributed by atoms with van der Waals surface area (Å²) in [6.45, 7) is 8.40. The van der Waals surface area contributed by atoms with Crippen LogP contribution in [0.2, 0.25) is 0 Å². The van der Waals surface area contributed by atoms with Gasteiger partial charge in [-0.3, -0.25) is 4.79 Å². The summed E-state index contributed by atoms with van der Waals surface area (Å²) in [5, 5.41) is 8.86. The van der Waals surface area contributed by atoms with E-state index in [1.54, 1.807) is 0 Å². The number of aromatic nitrogens is 3. The van der Waals surface area contributed by atoms with Crippen LogP contribution in [0.15, 0.2) is 5.16 Å². The fourth-order valence-electron chi connectivity index (χ4n) is 2.95. The highest BCUT2D eigenvalue weighted by Crippen LogP contribution is 2.27. The van der Waals surface area contributed by atoms with Crippen molar-refractivity contribution in [3.05, 3.63) is 5.82 Å². The Morgan fingerprint density at radius 2 is 1.91 bits per heavy atom. The molecule has 1 amide bonds. The number of nitrogen functional groups attached to an aromatic ring is 1. The molecule has 1 aromatic rings. The second-order valence-corrected chi connectivity index (χ2v) is 8.58. The molecule has 23 heavy (non-hydrogen) atoms. The lowest BCUT2D eigenvalue weighted by atomic mass is 9.87. The normalized spacial score (nSPS) is 22.1. The van der Waals surface area contributed by atoms with E-state index in [-0.39, 0.29) is 11.3 Å². The molecule has 1 aliphatic rings. The summed E-state index contributed by atoms with van der Waals surface area (Å²) >= 11 is 1.36. The van der Waals surface area contributed by atoms with Crippen molar-refractivity contribution in [1.29, 1.82) is 0 Å². The molecular formula is C16H29N5OS. The van der Waals surface area contributed by atoms with Crippen molar-refractivity contribution in [2.24, 2.45) is 5.92 Å². The minimum Gasteiger partial charge on any atom is -0.342 e. The highest BCUT2D eigenvalue weighted by atomic mass is 32.2. The van der Waals surface area contributed by atoms with Crippen LogP contribution in [0.3, 0.4) is 0 Å². The Kier molecular flexibility index (Phi) is 5.60. The molecule has 0 spiro atoms. The first-order chi connectivity index (χ1) is 10.7. The molecule has 0 atom stereocenters. The number of hydrogen-bond donors (Lipinski definition) is 1. The minimum atomic E-state index is -0.167. The number of nitrogens with two attached hydrogens (primary N) is 1. The molecule has 1 aromatic heterocycles. The number of rotatable bonds is 4. The highest BCUT2D eigenvalue weighted by molar-refractivity contribution is 7.99. The predicted octanol–water partition coefficient (Wildman–Crippen LogP) is 2.42. The van der Waals surface area contributed by atoms with E-state index in [1.165, 1.54) is 29.3 Å². The van der Waals surface area contributed by atoms with E-state index in [0.717, 1.165) is 24.6 Å². The Morgan fingerprint density at radius 1 is 1.30 bits per heavy atom. The maximum Gasteiger partial charge on any atom is 0.233 e. The third-order valence-electron chi connectivity index (χ3n) is 4.59. The van der Waals surface area contributed by atoms with E-state index >= 15 is 0 Å². The molecule has 1 heterocycles. The van der Waals surface area contributed by atoms with Crippen LogP contribution in [0.25, 0.3) is 0 Å². The molecule has 2 rings (SSSR count). The van der Waals surface area contributed by atoms with Crippen molar-refractivity contribution in [3.63, 3.8) is 0 Å². The van der Waals surface area contributed by atoms with Crippen LogP contribution in [-0.2, 0) is 10.2 Å². The maximum atomic E-state index is 12.4. The second kappa shape index (κ2) is 7.11. The van der Waals surface area contributed by atoms with Crippen LogP contribution in [0.1, 0.15) is 59.2 Å². The SMILES string of the molecule is CC1CCC(N(C)C(=O)CSc2nnc(C(C)(C)C)n2N)CC1. The summed E-state index contributed by atoms with van der Waals surface area (Å²) < 4.78 is 1.50. The smallest absolute Gasteiger partial charge is 0.233 e. The third-order valence-corrected chi connectivity index (χ3v) is 5.51. The second-order valence-electron chi connectivity index (χ2n) is 7.63. The Labute approximate surface area is 143 Å². The Hall–Kier alpha value is -1.24. The van der Waals surface area contributed by atoms with Crippen LogP contribution in [0, 0.1) is 5.92 Å². The zero-order valence-corrected chi connectivity index (χ0v) is 15.7. The molecule has 0 radical (unpaired) electrons. The highest BCUT2D eigenvalue weighted by Gasteiger charge is 2.26. The van der Waals surface area contributed by atoms with E-state index in [2.05, 4.69) is 17.1 Å². The number of thioether (sulfide) groups is 1. The van der Waals surface area contributed by atoms with Gasteiger partial charge in [-0.25, -0.2) is 4.68 Å². The van der Waals surface area contributed by atoms with Crippen LogP contribution in [0.4, 0.5) is 0 Å². The summed E-state index contributed by atoms with van der Waals surface area (Å²) in [5.41, 5.74) is -0.167. The zero-order chi connectivity index (χ0) is 17.2. The molecule has 0 aliphatic heterocycles. The molecule has 6 nitrogen and oxygen atoms in total. The lowest BCUT2D eigenvalue weighted by Crippen LogP contribution is -2.40. The van der Waals surface area contributed by atoms with Crippen molar-refractivity contribution >= 4 is 17.7 Å². The molecular weight excluding hydrogens is 310 g/mol. The van der Waals surface area contributed by atoms with Gasteiger partial charge in [0.25, 0.3) is 0 Å². The molecule has 0 aromatic carbocycles. The number of nitrogens with zero attached hydrogens (tertiary/aromatic N) is 4. The van der Waals surface area contributed by atoms with Crippen LogP contribution < -0.4 is 5.84 Å². The molecule has 7 heteroatoms. The van der Waals surface area contributed by atoms with Crippen LogP contribution in [0.5, 0.6) is 0 Å². The number of amides is 1. The molecule has 1 saturated carbocycles. The Balaban J connectivity index is 1.90. The molecule has 130 valence electrons. The van der Waals surface area contributed by atoms with E-state index in [0.29, 0.717) is 17.0 Å². The first kappa shape index (κ1) is 18.1. The number of hydrogen-bond acceptors (Lipinski definition) is 5. The predicted molar refractivity (Wildman–Crippen MR) is 93.8 cm³/mol. The van der Waals surface area contributed by atoms with Crippen molar-refractivity contribution in [2.45, 2.75) is 70.0 Å². The monoisotopic (exact) mass is 339 g/mol. The summed E-state index contributed by atoms with van der Waals surface area (Å²) in [6.07, 6.45) is 4.63. The van der Waals surface area contributed by atoms with Gasteiger partial charge in [-0.05, 0) is 31.6 Å².